The van der Waals surface area contributed by atoms with E-state index in [0.29, 0.717) is 11.7 Å². The number of alkyl halides is 1. The minimum Gasteiger partial charge on any atom is -0.328 e. The molecule has 0 aliphatic carbocycles. The van der Waals surface area contributed by atoms with Crippen molar-refractivity contribution in [3.8, 4) is 0 Å². The first-order chi connectivity index (χ1) is 13.3. The van der Waals surface area contributed by atoms with Crippen LogP contribution in [-0.2, 0) is 26.1 Å². The third-order valence-electron chi connectivity index (χ3n) is 6.14. The molecule has 2 aliphatic rings. The number of hydrogen-bond donors (Lipinski definition) is 0. The molecule has 0 saturated carbocycles. The number of aryl methyl sites for hydroxylation is 2. The van der Waals surface area contributed by atoms with E-state index in [4.69, 9.17) is 0 Å². The fourth-order valence-corrected chi connectivity index (χ4v) is 4.85. The number of fused-ring (bicyclic) bond motifs is 5. The van der Waals surface area contributed by atoms with Crippen LogP contribution >= 0.6 is 0 Å². The van der Waals surface area contributed by atoms with Crippen LogP contribution in [0, 0.1) is 0 Å². The van der Waals surface area contributed by atoms with Crippen LogP contribution in [0.5, 0.6) is 0 Å². The molecule has 5 heteroatoms. The fraction of sp³-hybridized carbons (Fsp3) is 0.455. The molecule has 2 aliphatic heterocycles. The van der Waals surface area contributed by atoms with Gasteiger partial charge in [-0.3, -0.25) is 4.90 Å². The molecule has 27 heavy (non-hydrogen) atoms. The number of halogens is 1. The van der Waals surface area contributed by atoms with Crippen LogP contribution in [0.4, 0.5) is 4.39 Å². The Morgan fingerprint density at radius 3 is 2.85 bits per heavy atom. The summed E-state index contributed by atoms with van der Waals surface area (Å²) in [6.45, 7) is 2.61. The van der Waals surface area contributed by atoms with Gasteiger partial charge in [0.05, 0.1) is 11.9 Å². The topological polar surface area (TPSA) is 34.0 Å². The van der Waals surface area contributed by atoms with E-state index in [1.165, 1.54) is 36.1 Å². The number of rotatable bonds is 4. The van der Waals surface area contributed by atoms with Gasteiger partial charge < -0.3 is 4.57 Å². The van der Waals surface area contributed by atoms with E-state index < -0.39 is 6.67 Å². The molecule has 4 heterocycles. The van der Waals surface area contributed by atoms with Gasteiger partial charge in [0.25, 0.3) is 0 Å². The molecule has 0 amide bonds. The van der Waals surface area contributed by atoms with E-state index >= 15 is 0 Å². The number of benzene rings is 1. The first-order valence-corrected chi connectivity index (χ1v) is 10.1. The Balaban J connectivity index is 1.60. The van der Waals surface area contributed by atoms with Gasteiger partial charge >= 0.3 is 0 Å². The first kappa shape index (κ1) is 16.9. The zero-order chi connectivity index (χ0) is 18.2. The largest absolute Gasteiger partial charge is 0.328 e. The SMILES string of the molecule is FCc1cnc2c(n1)c1c(n2CCc2ccccc2)CCN2CCCCC12. The van der Waals surface area contributed by atoms with Gasteiger partial charge in [0.2, 0.25) is 0 Å². The Bertz CT molecular complexity index is 950. The molecule has 0 N–H and O–H groups in total. The number of aromatic nitrogens is 3. The summed E-state index contributed by atoms with van der Waals surface area (Å²) in [7, 11) is 0. The minimum atomic E-state index is -0.554. The van der Waals surface area contributed by atoms with E-state index in [9.17, 15) is 4.39 Å². The Morgan fingerprint density at radius 2 is 2.00 bits per heavy atom. The summed E-state index contributed by atoms with van der Waals surface area (Å²) in [6, 6.07) is 11.0. The number of piperidine rings is 1. The van der Waals surface area contributed by atoms with Gasteiger partial charge in [-0.15, -0.1) is 0 Å². The van der Waals surface area contributed by atoms with E-state index in [-0.39, 0.29) is 0 Å². The summed E-state index contributed by atoms with van der Waals surface area (Å²) < 4.78 is 15.6. The van der Waals surface area contributed by atoms with Gasteiger partial charge in [-0.25, -0.2) is 14.4 Å². The first-order valence-electron chi connectivity index (χ1n) is 10.1. The summed E-state index contributed by atoms with van der Waals surface area (Å²) >= 11 is 0. The molecule has 1 atom stereocenters. The highest BCUT2D eigenvalue weighted by atomic mass is 19.1. The molecular weight excluding hydrogens is 339 g/mol. The Labute approximate surface area is 159 Å². The average Bonchev–Trinajstić information content (AvgIpc) is 3.06. The maximum atomic E-state index is 13.3. The van der Waals surface area contributed by atoms with E-state index in [0.717, 1.165) is 43.6 Å². The maximum absolute atomic E-state index is 13.3. The third kappa shape index (κ3) is 2.94. The van der Waals surface area contributed by atoms with Crippen molar-refractivity contribution < 1.29 is 4.39 Å². The van der Waals surface area contributed by atoms with Crippen molar-refractivity contribution in [3.63, 3.8) is 0 Å². The van der Waals surface area contributed by atoms with Crippen molar-refractivity contribution in [1.82, 2.24) is 19.4 Å². The standard InChI is InChI=1S/C22H25FN4/c23-14-17-15-24-22-21(25-17)20-18-8-4-5-11-26(18)12-10-19(20)27(22)13-9-16-6-2-1-3-7-16/h1-3,6-7,15,18H,4-5,8-14H2. The predicted octanol–water partition coefficient (Wildman–Crippen LogP) is 4.23. The molecule has 2 aromatic heterocycles. The number of nitrogens with zero attached hydrogens (tertiary/aromatic N) is 4. The summed E-state index contributed by atoms with van der Waals surface area (Å²) in [5.41, 5.74) is 6.34. The summed E-state index contributed by atoms with van der Waals surface area (Å²) in [5.74, 6) is 0. The van der Waals surface area contributed by atoms with Crippen LogP contribution in [0.2, 0.25) is 0 Å². The van der Waals surface area contributed by atoms with E-state index in [1.54, 1.807) is 6.20 Å². The van der Waals surface area contributed by atoms with Crippen LogP contribution in [0.25, 0.3) is 11.2 Å². The summed E-state index contributed by atoms with van der Waals surface area (Å²) in [4.78, 5) is 11.9. The van der Waals surface area contributed by atoms with Gasteiger partial charge in [-0.05, 0) is 31.4 Å². The lowest BCUT2D eigenvalue weighted by Crippen LogP contribution is -2.39. The van der Waals surface area contributed by atoms with Gasteiger partial charge in [0.1, 0.15) is 12.2 Å². The average molecular weight is 364 g/mol. The highest BCUT2D eigenvalue weighted by molar-refractivity contribution is 5.79. The summed E-state index contributed by atoms with van der Waals surface area (Å²) in [5, 5.41) is 0. The van der Waals surface area contributed by atoms with Gasteiger partial charge in [-0.1, -0.05) is 36.8 Å². The molecule has 1 fully saturated rings. The molecule has 1 aromatic carbocycles. The molecule has 1 saturated heterocycles. The molecule has 0 spiro atoms. The van der Waals surface area contributed by atoms with Crippen LogP contribution in [0.3, 0.4) is 0 Å². The second-order valence-electron chi connectivity index (χ2n) is 7.71. The normalized spacial score (nSPS) is 19.8. The fourth-order valence-electron chi connectivity index (χ4n) is 4.85. The molecule has 3 aromatic rings. The second-order valence-corrected chi connectivity index (χ2v) is 7.71. The molecule has 0 radical (unpaired) electrons. The van der Waals surface area contributed by atoms with Crippen LogP contribution in [0.1, 0.15) is 47.8 Å². The zero-order valence-corrected chi connectivity index (χ0v) is 15.6. The zero-order valence-electron chi connectivity index (χ0n) is 15.6. The lowest BCUT2D eigenvalue weighted by atomic mass is 9.90. The number of hydrogen-bond acceptors (Lipinski definition) is 3. The van der Waals surface area contributed by atoms with Crippen molar-refractivity contribution >= 4 is 11.2 Å². The monoisotopic (exact) mass is 364 g/mol. The lowest BCUT2D eigenvalue weighted by molar-refractivity contribution is 0.138. The van der Waals surface area contributed by atoms with Gasteiger partial charge in [0, 0.05) is 36.8 Å². The van der Waals surface area contributed by atoms with Crippen molar-refractivity contribution in [2.24, 2.45) is 0 Å². The van der Waals surface area contributed by atoms with Crippen molar-refractivity contribution in [1.29, 1.82) is 0 Å². The predicted molar refractivity (Wildman–Crippen MR) is 104 cm³/mol. The Kier molecular flexibility index (Phi) is 4.40. The van der Waals surface area contributed by atoms with Crippen LogP contribution < -0.4 is 0 Å². The highest BCUT2D eigenvalue weighted by Gasteiger charge is 2.35. The Morgan fingerprint density at radius 1 is 1.11 bits per heavy atom. The quantitative estimate of drug-likeness (QED) is 0.695. The van der Waals surface area contributed by atoms with Gasteiger partial charge in [-0.2, -0.15) is 0 Å². The molecule has 1 unspecified atom stereocenters. The van der Waals surface area contributed by atoms with E-state index in [1.807, 2.05) is 0 Å². The lowest BCUT2D eigenvalue weighted by Gasteiger charge is -2.39. The third-order valence-corrected chi connectivity index (χ3v) is 6.14. The minimum absolute atomic E-state index is 0.423. The highest BCUT2D eigenvalue weighted by Crippen LogP contribution is 2.41. The van der Waals surface area contributed by atoms with Crippen molar-refractivity contribution in [2.45, 2.75) is 51.4 Å². The summed E-state index contributed by atoms with van der Waals surface area (Å²) in [6.07, 6.45) is 7.31. The second kappa shape index (κ2) is 7.04. The van der Waals surface area contributed by atoms with Crippen molar-refractivity contribution in [2.75, 3.05) is 13.1 Å². The molecule has 140 valence electrons. The van der Waals surface area contributed by atoms with E-state index in [2.05, 4.69) is 49.8 Å². The maximum Gasteiger partial charge on any atom is 0.159 e. The molecule has 4 nitrogen and oxygen atoms in total. The van der Waals surface area contributed by atoms with Crippen molar-refractivity contribution in [3.05, 3.63) is 59.0 Å². The Hall–Kier alpha value is -2.27. The molecular formula is C22H25FN4. The van der Waals surface area contributed by atoms with Crippen LogP contribution in [-0.4, -0.2) is 32.5 Å². The smallest absolute Gasteiger partial charge is 0.159 e. The van der Waals surface area contributed by atoms with Crippen LogP contribution in [0.15, 0.2) is 36.5 Å². The van der Waals surface area contributed by atoms with Gasteiger partial charge in [0.15, 0.2) is 5.65 Å². The molecule has 5 rings (SSSR count). The molecule has 0 bridgehead atoms.